The average Bonchev–Trinajstić information content (AvgIpc) is 3.05. The number of amides is 1. The third-order valence-electron chi connectivity index (χ3n) is 3.52. The Morgan fingerprint density at radius 3 is 2.75 bits per heavy atom. The van der Waals surface area contributed by atoms with E-state index in [-0.39, 0.29) is 5.91 Å². The Balaban J connectivity index is 1.74. The molecule has 0 aliphatic heterocycles. The molecule has 0 saturated heterocycles. The summed E-state index contributed by atoms with van der Waals surface area (Å²) in [6.07, 6.45) is 0. The monoisotopic (exact) mass is 341 g/mol. The van der Waals surface area contributed by atoms with Crippen LogP contribution in [0.2, 0.25) is 5.02 Å². The van der Waals surface area contributed by atoms with Crippen molar-refractivity contribution in [2.45, 2.75) is 19.9 Å². The maximum absolute atomic E-state index is 12.2. The number of aryl methyl sites for hydroxylation is 1. The zero-order valence-electron chi connectivity index (χ0n) is 13.3. The van der Waals surface area contributed by atoms with Gasteiger partial charge in [0.15, 0.2) is 0 Å². The van der Waals surface area contributed by atoms with Crippen LogP contribution in [0.5, 0.6) is 0 Å². The summed E-state index contributed by atoms with van der Waals surface area (Å²) < 4.78 is 5.28. The summed E-state index contributed by atoms with van der Waals surface area (Å²) in [4.78, 5) is 16.6. The normalized spacial score (nSPS) is 12.0. The largest absolute Gasteiger partial charge is 0.341 e. The van der Waals surface area contributed by atoms with Crippen LogP contribution in [0.15, 0.2) is 53.1 Å². The van der Waals surface area contributed by atoms with Gasteiger partial charge < -0.3 is 9.84 Å². The van der Waals surface area contributed by atoms with Crippen LogP contribution in [0.3, 0.4) is 0 Å². The standard InChI is InChI=1S/C18H16ClN3O2/c1-11-5-3-6-13(9-11)16-21-18(24-22-16)12(2)20-17(23)14-7-4-8-15(19)10-14/h3-10,12H,1-2H3,(H,20,23). The number of carbonyl (C=O) groups excluding carboxylic acids is 1. The Bertz CT molecular complexity index is 876. The quantitative estimate of drug-likeness (QED) is 0.772. The van der Waals surface area contributed by atoms with Crippen LogP contribution in [-0.2, 0) is 0 Å². The minimum absolute atomic E-state index is 0.250. The third kappa shape index (κ3) is 3.63. The molecule has 0 fully saturated rings. The van der Waals surface area contributed by atoms with Gasteiger partial charge in [-0.1, -0.05) is 46.6 Å². The minimum Gasteiger partial charge on any atom is -0.341 e. The van der Waals surface area contributed by atoms with Gasteiger partial charge in [-0.2, -0.15) is 4.98 Å². The number of hydrogen-bond donors (Lipinski definition) is 1. The van der Waals surface area contributed by atoms with E-state index in [4.69, 9.17) is 16.1 Å². The highest BCUT2D eigenvalue weighted by molar-refractivity contribution is 6.30. The first-order valence-corrected chi connectivity index (χ1v) is 7.88. The summed E-state index contributed by atoms with van der Waals surface area (Å²) in [6, 6.07) is 14.2. The lowest BCUT2D eigenvalue weighted by molar-refractivity contribution is 0.0932. The van der Waals surface area contributed by atoms with Gasteiger partial charge in [-0.25, -0.2) is 0 Å². The molecule has 1 heterocycles. The zero-order chi connectivity index (χ0) is 17.1. The van der Waals surface area contributed by atoms with Crippen LogP contribution >= 0.6 is 11.6 Å². The topological polar surface area (TPSA) is 68.0 Å². The summed E-state index contributed by atoms with van der Waals surface area (Å²) in [5.41, 5.74) is 2.47. The number of aromatic nitrogens is 2. The van der Waals surface area contributed by atoms with E-state index in [1.54, 1.807) is 31.2 Å². The molecule has 0 aliphatic carbocycles. The van der Waals surface area contributed by atoms with E-state index >= 15 is 0 Å². The Kier molecular flexibility index (Phi) is 4.62. The second kappa shape index (κ2) is 6.84. The minimum atomic E-state index is -0.414. The molecule has 0 radical (unpaired) electrons. The van der Waals surface area contributed by atoms with Crippen LogP contribution in [0.25, 0.3) is 11.4 Å². The van der Waals surface area contributed by atoms with Crippen molar-refractivity contribution in [3.63, 3.8) is 0 Å². The van der Waals surface area contributed by atoms with E-state index < -0.39 is 6.04 Å². The molecule has 1 N–H and O–H groups in total. The highest BCUT2D eigenvalue weighted by Gasteiger charge is 2.18. The van der Waals surface area contributed by atoms with Crippen molar-refractivity contribution in [2.75, 3.05) is 0 Å². The number of rotatable bonds is 4. The number of nitrogens with zero attached hydrogens (tertiary/aromatic N) is 2. The fraction of sp³-hybridized carbons (Fsp3) is 0.167. The van der Waals surface area contributed by atoms with Crippen molar-refractivity contribution in [2.24, 2.45) is 0 Å². The predicted octanol–water partition coefficient (Wildman–Crippen LogP) is 4.19. The Morgan fingerprint density at radius 2 is 2.00 bits per heavy atom. The molecule has 2 aromatic carbocycles. The smallest absolute Gasteiger partial charge is 0.251 e. The molecule has 5 nitrogen and oxygen atoms in total. The fourth-order valence-electron chi connectivity index (χ4n) is 2.28. The molecular formula is C18H16ClN3O2. The van der Waals surface area contributed by atoms with Gasteiger partial charge in [0.1, 0.15) is 6.04 Å². The van der Waals surface area contributed by atoms with Crippen LogP contribution < -0.4 is 5.32 Å². The van der Waals surface area contributed by atoms with Crippen molar-refractivity contribution in [3.05, 3.63) is 70.6 Å². The fourth-order valence-corrected chi connectivity index (χ4v) is 2.47. The van der Waals surface area contributed by atoms with Gasteiger partial charge in [-0.05, 0) is 38.1 Å². The third-order valence-corrected chi connectivity index (χ3v) is 3.76. The van der Waals surface area contributed by atoms with Gasteiger partial charge >= 0.3 is 0 Å². The van der Waals surface area contributed by atoms with Crippen LogP contribution in [0, 0.1) is 6.92 Å². The van der Waals surface area contributed by atoms with Crippen molar-refractivity contribution in [1.29, 1.82) is 0 Å². The second-order valence-corrected chi connectivity index (χ2v) is 5.97. The molecule has 122 valence electrons. The molecule has 1 unspecified atom stereocenters. The van der Waals surface area contributed by atoms with E-state index in [1.165, 1.54) is 0 Å². The lowest BCUT2D eigenvalue weighted by atomic mass is 10.1. The first kappa shape index (κ1) is 16.2. The Morgan fingerprint density at radius 1 is 1.21 bits per heavy atom. The van der Waals surface area contributed by atoms with Gasteiger partial charge in [0.05, 0.1) is 0 Å². The van der Waals surface area contributed by atoms with Crippen molar-refractivity contribution in [3.8, 4) is 11.4 Å². The summed E-state index contributed by atoms with van der Waals surface area (Å²) in [7, 11) is 0. The molecule has 0 bridgehead atoms. The van der Waals surface area contributed by atoms with Crippen LogP contribution in [-0.4, -0.2) is 16.0 Å². The average molecular weight is 342 g/mol. The van der Waals surface area contributed by atoms with Gasteiger partial charge in [-0.15, -0.1) is 0 Å². The number of halogens is 1. The summed E-state index contributed by atoms with van der Waals surface area (Å²) in [6.45, 7) is 3.79. The van der Waals surface area contributed by atoms with Gasteiger partial charge in [-0.3, -0.25) is 4.79 Å². The predicted molar refractivity (Wildman–Crippen MR) is 91.8 cm³/mol. The second-order valence-electron chi connectivity index (χ2n) is 5.53. The van der Waals surface area contributed by atoms with Crippen molar-refractivity contribution >= 4 is 17.5 Å². The van der Waals surface area contributed by atoms with E-state index in [0.29, 0.717) is 22.3 Å². The van der Waals surface area contributed by atoms with Crippen LogP contribution in [0.1, 0.15) is 34.8 Å². The molecular weight excluding hydrogens is 326 g/mol. The molecule has 24 heavy (non-hydrogen) atoms. The number of hydrogen-bond acceptors (Lipinski definition) is 4. The summed E-state index contributed by atoms with van der Waals surface area (Å²) >= 11 is 5.91. The molecule has 3 rings (SSSR count). The SMILES string of the molecule is Cc1cccc(-c2noc(C(C)NC(=O)c3cccc(Cl)c3)n2)c1. The first-order chi connectivity index (χ1) is 11.5. The lowest BCUT2D eigenvalue weighted by Gasteiger charge is -2.09. The highest BCUT2D eigenvalue weighted by Crippen LogP contribution is 2.20. The highest BCUT2D eigenvalue weighted by atomic mass is 35.5. The molecule has 3 aromatic rings. The van der Waals surface area contributed by atoms with Crippen molar-refractivity contribution in [1.82, 2.24) is 15.5 Å². The van der Waals surface area contributed by atoms with E-state index in [9.17, 15) is 4.79 Å². The maximum Gasteiger partial charge on any atom is 0.251 e. The van der Waals surface area contributed by atoms with Gasteiger partial charge in [0, 0.05) is 16.1 Å². The molecule has 1 amide bonds. The number of carbonyl (C=O) groups is 1. The molecule has 0 saturated carbocycles. The molecule has 6 heteroatoms. The van der Waals surface area contributed by atoms with Gasteiger partial charge in [0.2, 0.25) is 11.7 Å². The van der Waals surface area contributed by atoms with E-state index in [2.05, 4.69) is 15.5 Å². The van der Waals surface area contributed by atoms with Crippen LogP contribution in [0.4, 0.5) is 0 Å². The maximum atomic E-state index is 12.2. The van der Waals surface area contributed by atoms with Crippen molar-refractivity contribution < 1.29 is 9.32 Å². The summed E-state index contributed by atoms with van der Waals surface area (Å²) in [5.74, 6) is 0.597. The zero-order valence-corrected chi connectivity index (χ0v) is 14.0. The summed E-state index contributed by atoms with van der Waals surface area (Å²) in [5, 5.41) is 7.32. The Labute approximate surface area is 144 Å². The molecule has 0 spiro atoms. The lowest BCUT2D eigenvalue weighted by Crippen LogP contribution is -2.26. The first-order valence-electron chi connectivity index (χ1n) is 7.50. The molecule has 1 aromatic heterocycles. The molecule has 1 atom stereocenters. The number of benzene rings is 2. The van der Waals surface area contributed by atoms with Gasteiger partial charge in [0.25, 0.3) is 5.91 Å². The van der Waals surface area contributed by atoms with E-state index in [0.717, 1.165) is 11.1 Å². The molecule has 0 aliphatic rings. The van der Waals surface area contributed by atoms with E-state index in [1.807, 2.05) is 31.2 Å². The Hall–Kier alpha value is -2.66. The number of nitrogens with one attached hydrogen (secondary N) is 1.